The predicted octanol–water partition coefficient (Wildman–Crippen LogP) is 2.66. The van der Waals surface area contributed by atoms with E-state index in [-0.39, 0.29) is 0 Å². The van der Waals surface area contributed by atoms with Gasteiger partial charge in [0.1, 0.15) is 0 Å². The number of hydrogen-bond donors (Lipinski definition) is 1. The molecule has 2 atom stereocenters. The number of rotatable bonds is 1. The number of piperidine rings is 1. The molecular formula is C11H21NS. The third kappa shape index (κ3) is 2.04. The highest BCUT2D eigenvalue weighted by molar-refractivity contribution is 8.00. The highest BCUT2D eigenvalue weighted by Crippen LogP contribution is 2.45. The van der Waals surface area contributed by atoms with Gasteiger partial charge in [-0.1, -0.05) is 20.3 Å². The van der Waals surface area contributed by atoms with Gasteiger partial charge in [0, 0.05) is 10.8 Å². The number of hydrogen-bond acceptors (Lipinski definition) is 2. The molecule has 0 aromatic rings. The van der Waals surface area contributed by atoms with Gasteiger partial charge in [-0.3, -0.25) is 0 Å². The molecule has 2 aliphatic heterocycles. The lowest BCUT2D eigenvalue weighted by Crippen LogP contribution is -2.45. The van der Waals surface area contributed by atoms with Crippen molar-refractivity contribution in [1.82, 2.24) is 5.32 Å². The summed E-state index contributed by atoms with van der Waals surface area (Å²) in [6.07, 6.45) is 5.66. The van der Waals surface area contributed by atoms with E-state index < -0.39 is 0 Å². The first-order chi connectivity index (χ1) is 6.20. The molecule has 2 saturated heterocycles. The maximum atomic E-state index is 3.70. The molecule has 76 valence electrons. The van der Waals surface area contributed by atoms with Crippen molar-refractivity contribution >= 4 is 11.8 Å². The molecule has 2 fully saturated rings. The summed E-state index contributed by atoms with van der Waals surface area (Å²) >= 11 is 2.16. The van der Waals surface area contributed by atoms with Crippen molar-refractivity contribution in [2.24, 2.45) is 5.92 Å². The lowest BCUT2D eigenvalue weighted by molar-refractivity contribution is 0.261. The van der Waals surface area contributed by atoms with Crippen LogP contribution in [0.2, 0.25) is 0 Å². The van der Waals surface area contributed by atoms with Gasteiger partial charge in [-0.25, -0.2) is 0 Å². The Bertz CT molecular complexity index is 173. The van der Waals surface area contributed by atoms with Crippen molar-refractivity contribution in [2.45, 2.75) is 50.3 Å². The van der Waals surface area contributed by atoms with Crippen LogP contribution in [0.15, 0.2) is 0 Å². The van der Waals surface area contributed by atoms with E-state index in [4.69, 9.17) is 0 Å². The van der Waals surface area contributed by atoms with Crippen molar-refractivity contribution in [2.75, 3.05) is 12.3 Å². The van der Waals surface area contributed by atoms with Gasteiger partial charge in [0.2, 0.25) is 0 Å². The molecule has 1 nitrogen and oxygen atoms in total. The lowest BCUT2D eigenvalue weighted by atomic mass is 9.82. The maximum absolute atomic E-state index is 3.70. The molecule has 0 aromatic carbocycles. The molecule has 0 spiro atoms. The Morgan fingerprint density at radius 3 is 2.62 bits per heavy atom. The van der Waals surface area contributed by atoms with Crippen LogP contribution in [0.25, 0.3) is 0 Å². The Kier molecular flexibility index (Phi) is 2.89. The van der Waals surface area contributed by atoms with Gasteiger partial charge < -0.3 is 5.32 Å². The van der Waals surface area contributed by atoms with E-state index >= 15 is 0 Å². The van der Waals surface area contributed by atoms with Crippen LogP contribution in [0, 0.1) is 5.92 Å². The van der Waals surface area contributed by atoms with Crippen molar-refractivity contribution in [3.05, 3.63) is 0 Å². The third-order valence-electron chi connectivity index (χ3n) is 3.63. The summed E-state index contributed by atoms with van der Waals surface area (Å²) in [6.45, 7) is 6.10. The molecule has 1 N–H and O–H groups in total. The molecule has 0 bridgehead atoms. The standard InChI is InChI=1S/C11H21NS/c1-11(2)9(6-8-13-11)10-5-3-4-7-12-10/h9-10,12H,3-8H2,1-2H3. The molecule has 0 saturated carbocycles. The van der Waals surface area contributed by atoms with E-state index in [0.717, 1.165) is 12.0 Å². The normalized spacial score (nSPS) is 39.2. The smallest absolute Gasteiger partial charge is 0.0147 e. The third-order valence-corrected chi connectivity index (χ3v) is 5.12. The maximum Gasteiger partial charge on any atom is 0.0147 e. The van der Waals surface area contributed by atoms with Gasteiger partial charge in [-0.05, 0) is 37.5 Å². The topological polar surface area (TPSA) is 12.0 Å². The Labute approximate surface area is 86.0 Å². The van der Waals surface area contributed by atoms with Crippen LogP contribution < -0.4 is 5.32 Å². The van der Waals surface area contributed by atoms with Gasteiger partial charge in [-0.2, -0.15) is 11.8 Å². The zero-order chi connectivity index (χ0) is 9.31. The van der Waals surface area contributed by atoms with Gasteiger partial charge in [0.05, 0.1) is 0 Å². The molecule has 2 aliphatic rings. The fourth-order valence-corrected chi connectivity index (χ4v) is 4.21. The molecule has 0 amide bonds. The Hall–Kier alpha value is 0.310. The highest BCUT2D eigenvalue weighted by Gasteiger charge is 2.40. The van der Waals surface area contributed by atoms with Crippen LogP contribution in [0.5, 0.6) is 0 Å². The Morgan fingerprint density at radius 2 is 2.08 bits per heavy atom. The van der Waals surface area contributed by atoms with Crippen molar-refractivity contribution in [1.29, 1.82) is 0 Å². The van der Waals surface area contributed by atoms with Gasteiger partial charge in [0.25, 0.3) is 0 Å². The van der Waals surface area contributed by atoms with Crippen LogP contribution in [0.4, 0.5) is 0 Å². The van der Waals surface area contributed by atoms with E-state index in [2.05, 4.69) is 30.9 Å². The van der Waals surface area contributed by atoms with Crippen LogP contribution in [-0.2, 0) is 0 Å². The quantitative estimate of drug-likeness (QED) is 0.697. The zero-order valence-corrected chi connectivity index (χ0v) is 9.62. The molecule has 0 aromatic heterocycles. The summed E-state index contributed by atoms with van der Waals surface area (Å²) in [5.41, 5.74) is 0. The summed E-state index contributed by atoms with van der Waals surface area (Å²) in [7, 11) is 0. The summed E-state index contributed by atoms with van der Waals surface area (Å²) in [5.74, 6) is 2.29. The van der Waals surface area contributed by atoms with Gasteiger partial charge >= 0.3 is 0 Å². The summed E-state index contributed by atoms with van der Waals surface area (Å²) in [4.78, 5) is 0. The molecule has 0 radical (unpaired) electrons. The average molecular weight is 199 g/mol. The molecule has 2 heterocycles. The summed E-state index contributed by atoms with van der Waals surface area (Å²) in [6, 6.07) is 0.818. The second-order valence-electron chi connectivity index (χ2n) is 4.90. The van der Waals surface area contributed by atoms with E-state index in [9.17, 15) is 0 Å². The van der Waals surface area contributed by atoms with Crippen LogP contribution in [-0.4, -0.2) is 23.1 Å². The summed E-state index contributed by atoms with van der Waals surface area (Å²) in [5, 5.41) is 3.70. The number of nitrogens with one attached hydrogen (secondary N) is 1. The van der Waals surface area contributed by atoms with Crippen LogP contribution in [0.1, 0.15) is 39.5 Å². The lowest BCUT2D eigenvalue weighted by Gasteiger charge is -2.36. The molecule has 2 heteroatoms. The Morgan fingerprint density at radius 1 is 1.23 bits per heavy atom. The first kappa shape index (κ1) is 9.85. The minimum Gasteiger partial charge on any atom is -0.314 e. The van der Waals surface area contributed by atoms with E-state index in [0.29, 0.717) is 4.75 Å². The first-order valence-corrected chi connectivity index (χ1v) is 6.56. The number of thioether (sulfide) groups is 1. The second-order valence-corrected chi connectivity index (χ2v) is 6.65. The molecule has 13 heavy (non-hydrogen) atoms. The first-order valence-electron chi connectivity index (χ1n) is 5.57. The van der Waals surface area contributed by atoms with Crippen LogP contribution in [0.3, 0.4) is 0 Å². The minimum absolute atomic E-state index is 0.523. The Balaban J connectivity index is 1.98. The fourth-order valence-electron chi connectivity index (χ4n) is 2.81. The van der Waals surface area contributed by atoms with Crippen molar-refractivity contribution in [3.8, 4) is 0 Å². The monoisotopic (exact) mass is 199 g/mol. The fraction of sp³-hybridized carbons (Fsp3) is 1.00. The summed E-state index contributed by atoms with van der Waals surface area (Å²) < 4.78 is 0.523. The van der Waals surface area contributed by atoms with E-state index in [1.165, 1.54) is 38.0 Å². The predicted molar refractivity (Wildman–Crippen MR) is 60.3 cm³/mol. The molecule has 2 rings (SSSR count). The molecular weight excluding hydrogens is 178 g/mol. The van der Waals surface area contributed by atoms with Gasteiger partial charge in [0.15, 0.2) is 0 Å². The van der Waals surface area contributed by atoms with Crippen molar-refractivity contribution < 1.29 is 0 Å². The van der Waals surface area contributed by atoms with Crippen LogP contribution >= 0.6 is 11.8 Å². The largest absolute Gasteiger partial charge is 0.314 e. The minimum atomic E-state index is 0.523. The molecule has 2 unspecified atom stereocenters. The average Bonchev–Trinajstić information content (AvgIpc) is 2.47. The highest BCUT2D eigenvalue weighted by atomic mass is 32.2. The van der Waals surface area contributed by atoms with Crippen molar-refractivity contribution in [3.63, 3.8) is 0 Å². The van der Waals surface area contributed by atoms with E-state index in [1.807, 2.05) is 0 Å². The SMILES string of the molecule is CC1(C)SCCC1C1CCCCN1. The zero-order valence-electron chi connectivity index (χ0n) is 8.81. The van der Waals surface area contributed by atoms with E-state index in [1.54, 1.807) is 0 Å². The second kappa shape index (κ2) is 3.82. The molecule has 0 aliphatic carbocycles. The van der Waals surface area contributed by atoms with Gasteiger partial charge in [-0.15, -0.1) is 0 Å².